The first-order chi connectivity index (χ1) is 12.1. The van der Waals surface area contributed by atoms with Crippen molar-refractivity contribution < 1.29 is 9.59 Å². The van der Waals surface area contributed by atoms with E-state index in [-0.39, 0.29) is 18.0 Å². The van der Waals surface area contributed by atoms with Crippen LogP contribution in [0.1, 0.15) is 71.1 Å². The van der Waals surface area contributed by atoms with Gasteiger partial charge in [-0.25, -0.2) is 4.79 Å². The molecule has 4 aliphatic rings. The van der Waals surface area contributed by atoms with Crippen LogP contribution in [0, 0.1) is 11.8 Å². The smallest absolute Gasteiger partial charge is 0.318 e. The van der Waals surface area contributed by atoms with Crippen LogP contribution in [-0.4, -0.2) is 53.0 Å². The second kappa shape index (κ2) is 7.16. The van der Waals surface area contributed by atoms with Crippen molar-refractivity contribution >= 4 is 11.9 Å². The molecule has 2 atom stereocenters. The van der Waals surface area contributed by atoms with Gasteiger partial charge in [-0.1, -0.05) is 19.3 Å². The number of nitrogens with zero attached hydrogens (tertiary/aromatic N) is 2. The first-order valence-electron chi connectivity index (χ1n) is 10.5. The fraction of sp³-hybridized carbons (Fsp3) is 0.900. The zero-order valence-electron chi connectivity index (χ0n) is 15.6. The largest absolute Gasteiger partial charge is 0.340 e. The maximum atomic E-state index is 12.8. The summed E-state index contributed by atoms with van der Waals surface area (Å²) in [7, 11) is 0. The molecular weight excluding hydrogens is 314 g/mol. The lowest BCUT2D eigenvalue weighted by Crippen LogP contribution is -2.51. The highest BCUT2D eigenvalue weighted by Gasteiger charge is 2.42. The average molecular weight is 348 g/mol. The second-order valence-electron chi connectivity index (χ2n) is 8.77. The zero-order chi connectivity index (χ0) is 17.4. The Morgan fingerprint density at radius 3 is 2.36 bits per heavy atom. The fourth-order valence-electron chi connectivity index (χ4n) is 4.78. The summed E-state index contributed by atoms with van der Waals surface area (Å²) in [6, 6.07) is 1.07. The third-order valence-corrected chi connectivity index (χ3v) is 6.70. The molecule has 4 fully saturated rings. The summed E-state index contributed by atoms with van der Waals surface area (Å²) < 4.78 is 0. The van der Waals surface area contributed by atoms with Crippen LogP contribution in [0.15, 0.2) is 0 Å². The molecule has 5 nitrogen and oxygen atoms in total. The van der Waals surface area contributed by atoms with Crippen molar-refractivity contribution in [3.8, 4) is 0 Å². The summed E-state index contributed by atoms with van der Waals surface area (Å²) in [4.78, 5) is 29.7. The predicted octanol–water partition coefficient (Wildman–Crippen LogP) is 3.14. The lowest BCUT2D eigenvalue weighted by molar-refractivity contribution is -0.135. The number of hydrogen-bond donors (Lipinski definition) is 1. The molecule has 0 aromatic carbocycles. The van der Waals surface area contributed by atoms with Crippen LogP contribution in [0.25, 0.3) is 0 Å². The van der Waals surface area contributed by atoms with Gasteiger partial charge in [-0.05, 0) is 57.8 Å². The summed E-state index contributed by atoms with van der Waals surface area (Å²) in [5.74, 6) is 1.28. The van der Waals surface area contributed by atoms with E-state index in [1.54, 1.807) is 0 Å². The van der Waals surface area contributed by atoms with Crippen molar-refractivity contribution in [1.82, 2.24) is 15.1 Å². The molecule has 3 aliphatic carbocycles. The van der Waals surface area contributed by atoms with E-state index in [9.17, 15) is 9.59 Å². The normalized spacial score (nSPS) is 28.7. The minimum Gasteiger partial charge on any atom is -0.340 e. The van der Waals surface area contributed by atoms with Gasteiger partial charge in [-0.2, -0.15) is 0 Å². The Morgan fingerprint density at radius 1 is 1.00 bits per heavy atom. The first kappa shape index (κ1) is 17.2. The van der Waals surface area contributed by atoms with Gasteiger partial charge in [-0.15, -0.1) is 0 Å². The van der Waals surface area contributed by atoms with E-state index in [1.165, 1.54) is 32.1 Å². The quantitative estimate of drug-likeness (QED) is 0.831. The number of rotatable bonds is 5. The van der Waals surface area contributed by atoms with Gasteiger partial charge in [0.2, 0.25) is 5.91 Å². The summed E-state index contributed by atoms with van der Waals surface area (Å²) in [6.07, 6.45) is 11.5. The number of carbonyl (C=O) groups excluding carboxylic acids is 2. The van der Waals surface area contributed by atoms with Crippen LogP contribution in [-0.2, 0) is 4.79 Å². The Hall–Kier alpha value is -1.26. The number of hydrogen-bond acceptors (Lipinski definition) is 2. The summed E-state index contributed by atoms with van der Waals surface area (Å²) in [5, 5.41) is 3.24. The Bertz CT molecular complexity index is 509. The Balaban J connectivity index is 1.29. The number of nitrogens with one attached hydrogen (secondary N) is 1. The average Bonchev–Trinajstić information content (AvgIpc) is 3.54. The Labute approximate surface area is 151 Å². The van der Waals surface area contributed by atoms with E-state index in [2.05, 4.69) is 17.1 Å². The van der Waals surface area contributed by atoms with Crippen LogP contribution in [0.4, 0.5) is 4.79 Å². The Kier molecular flexibility index (Phi) is 4.92. The summed E-state index contributed by atoms with van der Waals surface area (Å²) in [5.41, 5.74) is 0. The molecule has 1 saturated heterocycles. The minimum absolute atomic E-state index is 0.110. The number of urea groups is 1. The molecule has 140 valence electrons. The molecule has 25 heavy (non-hydrogen) atoms. The number of likely N-dealkylation sites (tertiary alicyclic amines) is 1. The highest BCUT2D eigenvalue weighted by molar-refractivity contribution is 5.80. The van der Waals surface area contributed by atoms with Crippen LogP contribution in [0.5, 0.6) is 0 Å². The van der Waals surface area contributed by atoms with E-state index in [1.807, 2.05) is 4.90 Å². The number of amides is 3. The minimum atomic E-state index is 0.110. The van der Waals surface area contributed by atoms with E-state index in [0.29, 0.717) is 30.5 Å². The molecule has 1 N–H and O–H groups in total. The van der Waals surface area contributed by atoms with Crippen LogP contribution in [0.3, 0.4) is 0 Å². The van der Waals surface area contributed by atoms with E-state index < -0.39 is 0 Å². The van der Waals surface area contributed by atoms with Crippen LogP contribution < -0.4 is 5.32 Å². The van der Waals surface area contributed by atoms with Gasteiger partial charge in [0, 0.05) is 37.1 Å². The third-order valence-electron chi connectivity index (χ3n) is 6.70. The molecule has 3 saturated carbocycles. The molecule has 5 heteroatoms. The van der Waals surface area contributed by atoms with E-state index >= 15 is 0 Å². The molecule has 0 spiro atoms. The third kappa shape index (κ3) is 3.95. The first-order valence-corrected chi connectivity index (χ1v) is 10.5. The van der Waals surface area contributed by atoms with Gasteiger partial charge >= 0.3 is 6.03 Å². The molecular formula is C20H33N3O2. The van der Waals surface area contributed by atoms with Crippen molar-refractivity contribution in [2.75, 3.05) is 13.1 Å². The van der Waals surface area contributed by atoms with Gasteiger partial charge in [0.1, 0.15) is 0 Å². The standard InChI is InChI=1S/C20H33N3O2/c1-14(15-7-8-15)23(18-9-10-18)20(25)21-17-11-12-22(13-17)19(24)16-5-3-2-4-6-16/h14-18H,2-13H2,1H3,(H,21,25). The molecule has 1 aliphatic heterocycles. The highest BCUT2D eigenvalue weighted by atomic mass is 16.2. The van der Waals surface area contributed by atoms with Crippen LogP contribution >= 0.6 is 0 Å². The highest BCUT2D eigenvalue weighted by Crippen LogP contribution is 2.39. The zero-order valence-corrected chi connectivity index (χ0v) is 15.6. The van der Waals surface area contributed by atoms with Crippen molar-refractivity contribution in [3.63, 3.8) is 0 Å². The van der Waals surface area contributed by atoms with Gasteiger partial charge in [-0.3, -0.25) is 4.79 Å². The van der Waals surface area contributed by atoms with Gasteiger partial charge in [0.15, 0.2) is 0 Å². The molecule has 0 aromatic heterocycles. The molecule has 0 radical (unpaired) electrons. The topological polar surface area (TPSA) is 52.7 Å². The van der Waals surface area contributed by atoms with Crippen LogP contribution in [0.2, 0.25) is 0 Å². The molecule has 1 heterocycles. The summed E-state index contributed by atoms with van der Waals surface area (Å²) in [6.45, 7) is 3.72. The van der Waals surface area contributed by atoms with Crippen molar-refractivity contribution in [1.29, 1.82) is 0 Å². The molecule has 2 unspecified atom stereocenters. The maximum Gasteiger partial charge on any atom is 0.318 e. The monoisotopic (exact) mass is 347 g/mol. The lowest BCUT2D eigenvalue weighted by Gasteiger charge is -2.31. The van der Waals surface area contributed by atoms with Gasteiger partial charge < -0.3 is 15.1 Å². The molecule has 3 amide bonds. The lowest BCUT2D eigenvalue weighted by atomic mass is 9.88. The van der Waals surface area contributed by atoms with Crippen molar-refractivity contribution in [2.45, 2.75) is 89.3 Å². The van der Waals surface area contributed by atoms with Crippen molar-refractivity contribution in [2.24, 2.45) is 11.8 Å². The van der Waals surface area contributed by atoms with E-state index in [0.717, 1.165) is 38.6 Å². The Morgan fingerprint density at radius 2 is 1.72 bits per heavy atom. The molecule has 4 rings (SSSR count). The van der Waals surface area contributed by atoms with Gasteiger partial charge in [0.05, 0.1) is 0 Å². The number of carbonyl (C=O) groups is 2. The van der Waals surface area contributed by atoms with Gasteiger partial charge in [0.25, 0.3) is 0 Å². The summed E-state index contributed by atoms with van der Waals surface area (Å²) >= 11 is 0. The SMILES string of the molecule is CC(C1CC1)N(C(=O)NC1CCN(C(=O)C2CCCCC2)C1)C1CC1. The maximum absolute atomic E-state index is 12.8. The fourth-order valence-corrected chi connectivity index (χ4v) is 4.78. The van der Waals surface area contributed by atoms with Crippen molar-refractivity contribution in [3.05, 3.63) is 0 Å². The molecule has 0 aromatic rings. The van der Waals surface area contributed by atoms with E-state index in [4.69, 9.17) is 0 Å². The predicted molar refractivity (Wildman–Crippen MR) is 97.1 cm³/mol. The molecule has 0 bridgehead atoms. The second-order valence-corrected chi connectivity index (χ2v) is 8.77.